The highest BCUT2D eigenvalue weighted by Gasteiger charge is 2.67. The number of aliphatic hydroxyl groups excluding tert-OH is 1. The molecule has 27 heavy (non-hydrogen) atoms. The largest absolute Gasteiger partial charge is 0.480 e. The molecule has 0 bridgehead atoms. The van der Waals surface area contributed by atoms with E-state index in [2.05, 4.69) is 6.92 Å². The van der Waals surface area contributed by atoms with Gasteiger partial charge in [0, 0.05) is 24.2 Å². The van der Waals surface area contributed by atoms with E-state index in [0.29, 0.717) is 19.3 Å². The zero-order valence-corrected chi connectivity index (χ0v) is 16.1. The van der Waals surface area contributed by atoms with Gasteiger partial charge in [-0.1, -0.05) is 19.4 Å². The molecule has 0 saturated heterocycles. The Labute approximate surface area is 159 Å². The molecule has 0 unspecified atom stereocenters. The van der Waals surface area contributed by atoms with Crippen LogP contribution in [0.1, 0.15) is 58.8 Å². The second-order valence-electron chi connectivity index (χ2n) is 9.64. The number of carboxylic acids is 1. The summed E-state index contributed by atoms with van der Waals surface area (Å²) < 4.78 is 5.70. The smallest absolute Gasteiger partial charge is 0.329 e. The van der Waals surface area contributed by atoms with Gasteiger partial charge in [-0.15, -0.1) is 0 Å². The molecular formula is C21H30O6. The summed E-state index contributed by atoms with van der Waals surface area (Å²) >= 11 is 0. The van der Waals surface area contributed by atoms with Gasteiger partial charge < -0.3 is 20.1 Å². The summed E-state index contributed by atoms with van der Waals surface area (Å²) in [5.41, 5.74) is 0.217. The number of carboxylic acid groups (broad SMARTS) is 1. The highest BCUT2D eigenvalue weighted by atomic mass is 16.6. The average molecular weight is 378 g/mol. The maximum Gasteiger partial charge on any atom is 0.329 e. The van der Waals surface area contributed by atoms with Crippen LogP contribution in [0.25, 0.3) is 0 Å². The number of allylic oxidation sites excluding steroid dienone is 1. The second kappa shape index (κ2) is 6.13. The number of rotatable bonds is 3. The molecule has 0 radical (unpaired) electrons. The first kappa shape index (κ1) is 19.1. The van der Waals surface area contributed by atoms with Crippen LogP contribution in [0.15, 0.2) is 11.6 Å². The second-order valence-corrected chi connectivity index (χ2v) is 9.64. The van der Waals surface area contributed by atoms with Gasteiger partial charge in [-0.05, 0) is 55.4 Å². The lowest BCUT2D eigenvalue weighted by Gasteiger charge is -2.62. The van der Waals surface area contributed by atoms with Crippen molar-refractivity contribution in [1.82, 2.24) is 0 Å². The number of aliphatic carboxylic acids is 1. The minimum Gasteiger partial charge on any atom is -0.480 e. The Kier molecular flexibility index (Phi) is 4.33. The Morgan fingerprint density at radius 1 is 1.26 bits per heavy atom. The van der Waals surface area contributed by atoms with Gasteiger partial charge in [-0.3, -0.25) is 4.79 Å². The zero-order valence-electron chi connectivity index (χ0n) is 16.1. The molecule has 4 rings (SSSR count). The van der Waals surface area contributed by atoms with Crippen molar-refractivity contribution in [1.29, 1.82) is 0 Å². The SMILES string of the molecule is C[C@]12C[C@@](O)(OCC(=O)O)[C@H]3[C@@H](CCC4=CC(=O)CC[C@@]43C)[C@@H]1CC[C@@H]2O. The molecule has 0 aromatic heterocycles. The van der Waals surface area contributed by atoms with Gasteiger partial charge in [0.25, 0.3) is 0 Å². The number of fused-ring (bicyclic) bond motifs is 5. The van der Waals surface area contributed by atoms with Crippen LogP contribution in [0.2, 0.25) is 0 Å². The maximum atomic E-state index is 12.0. The quantitative estimate of drug-likeness (QED) is 0.651. The van der Waals surface area contributed by atoms with Crippen molar-refractivity contribution < 1.29 is 29.6 Å². The van der Waals surface area contributed by atoms with Crippen LogP contribution in [-0.2, 0) is 14.3 Å². The number of ether oxygens (including phenoxy) is 1. The summed E-state index contributed by atoms with van der Waals surface area (Å²) in [7, 11) is 0. The third-order valence-electron chi connectivity index (χ3n) is 8.26. The van der Waals surface area contributed by atoms with Gasteiger partial charge in [-0.25, -0.2) is 4.79 Å². The molecule has 0 aliphatic heterocycles. The molecule has 3 N–H and O–H groups in total. The van der Waals surface area contributed by atoms with Crippen molar-refractivity contribution in [3.8, 4) is 0 Å². The van der Waals surface area contributed by atoms with Crippen molar-refractivity contribution in [2.75, 3.05) is 6.61 Å². The molecule has 0 aromatic rings. The lowest BCUT2D eigenvalue weighted by atomic mass is 9.45. The molecule has 7 atom stereocenters. The molecule has 3 saturated carbocycles. The van der Waals surface area contributed by atoms with E-state index < -0.39 is 29.9 Å². The average Bonchev–Trinajstić information content (AvgIpc) is 2.88. The van der Waals surface area contributed by atoms with Crippen LogP contribution in [-0.4, -0.2) is 45.6 Å². The third kappa shape index (κ3) is 2.71. The van der Waals surface area contributed by atoms with Crippen molar-refractivity contribution in [3.63, 3.8) is 0 Å². The van der Waals surface area contributed by atoms with Crippen LogP contribution >= 0.6 is 0 Å². The minimum atomic E-state index is -1.62. The van der Waals surface area contributed by atoms with E-state index in [9.17, 15) is 19.8 Å². The van der Waals surface area contributed by atoms with Crippen LogP contribution in [0.3, 0.4) is 0 Å². The van der Waals surface area contributed by atoms with Gasteiger partial charge in [-0.2, -0.15) is 0 Å². The predicted molar refractivity (Wildman–Crippen MR) is 96.6 cm³/mol. The molecule has 6 nitrogen and oxygen atoms in total. The molecule has 6 heteroatoms. The first-order valence-corrected chi connectivity index (χ1v) is 10.1. The first-order valence-electron chi connectivity index (χ1n) is 10.1. The Balaban J connectivity index is 1.79. The zero-order chi connectivity index (χ0) is 19.6. The topological polar surface area (TPSA) is 104 Å². The number of hydrogen-bond acceptors (Lipinski definition) is 5. The Bertz CT molecular complexity index is 701. The van der Waals surface area contributed by atoms with E-state index in [1.807, 2.05) is 6.92 Å². The molecular weight excluding hydrogens is 348 g/mol. The summed E-state index contributed by atoms with van der Waals surface area (Å²) in [6, 6.07) is 0. The highest BCUT2D eigenvalue weighted by Crippen LogP contribution is 2.68. The summed E-state index contributed by atoms with van der Waals surface area (Å²) in [4.78, 5) is 23.2. The molecule has 4 aliphatic carbocycles. The van der Waals surface area contributed by atoms with E-state index in [4.69, 9.17) is 9.84 Å². The number of ketones is 1. The standard InChI is InChI=1S/C21H30O6/c1-19-8-7-13(22)9-12(19)3-4-14-15-5-6-16(23)20(15,2)11-21(26,18(14)19)27-10-17(24)25/h9,14-16,18,23,26H,3-8,10-11H2,1-2H3,(H,24,25)/t14-,15-,16-,18-,19-,20-,21+/m0/s1. The van der Waals surface area contributed by atoms with Gasteiger partial charge in [0.1, 0.15) is 6.61 Å². The van der Waals surface area contributed by atoms with Crippen LogP contribution in [0.5, 0.6) is 0 Å². The Morgan fingerprint density at radius 3 is 2.70 bits per heavy atom. The Hall–Kier alpha value is -1.24. The summed E-state index contributed by atoms with van der Waals surface area (Å²) in [6.45, 7) is 3.55. The van der Waals surface area contributed by atoms with E-state index in [-0.39, 0.29) is 35.4 Å². The highest BCUT2D eigenvalue weighted by molar-refractivity contribution is 5.91. The molecule has 150 valence electrons. The first-order chi connectivity index (χ1) is 12.6. The maximum absolute atomic E-state index is 12.0. The third-order valence-corrected chi connectivity index (χ3v) is 8.26. The van der Waals surface area contributed by atoms with Gasteiger partial charge >= 0.3 is 5.97 Å². The van der Waals surface area contributed by atoms with Crippen LogP contribution in [0, 0.1) is 28.6 Å². The lowest BCUT2D eigenvalue weighted by molar-refractivity contribution is -0.318. The van der Waals surface area contributed by atoms with E-state index in [1.54, 1.807) is 6.08 Å². The molecule has 4 aliphatic rings. The monoisotopic (exact) mass is 378 g/mol. The normalized spacial score (nSPS) is 49.0. The summed E-state index contributed by atoms with van der Waals surface area (Å²) in [5, 5.41) is 31.5. The number of carbonyl (C=O) groups is 2. The number of hydrogen-bond donors (Lipinski definition) is 3. The van der Waals surface area contributed by atoms with Crippen molar-refractivity contribution in [2.24, 2.45) is 28.6 Å². The number of aliphatic hydroxyl groups is 2. The van der Waals surface area contributed by atoms with E-state index in [0.717, 1.165) is 24.8 Å². The summed E-state index contributed by atoms with van der Waals surface area (Å²) in [5.74, 6) is -2.44. The van der Waals surface area contributed by atoms with Crippen molar-refractivity contribution in [3.05, 3.63) is 11.6 Å². The molecule has 0 spiro atoms. The molecule has 0 heterocycles. The van der Waals surface area contributed by atoms with E-state index in [1.165, 1.54) is 0 Å². The van der Waals surface area contributed by atoms with Crippen molar-refractivity contribution >= 4 is 11.8 Å². The van der Waals surface area contributed by atoms with Crippen LogP contribution < -0.4 is 0 Å². The fourth-order valence-electron chi connectivity index (χ4n) is 7.09. The molecule has 0 aromatic carbocycles. The summed E-state index contributed by atoms with van der Waals surface area (Å²) in [6.07, 6.45) is 5.85. The molecule has 3 fully saturated rings. The predicted octanol–water partition coefficient (Wildman–Crippen LogP) is 2.28. The fourth-order valence-corrected chi connectivity index (χ4v) is 7.09. The van der Waals surface area contributed by atoms with Crippen molar-refractivity contribution in [2.45, 2.75) is 70.7 Å². The lowest BCUT2D eigenvalue weighted by Crippen LogP contribution is -2.64. The van der Waals surface area contributed by atoms with Gasteiger partial charge in [0.2, 0.25) is 0 Å². The number of carbonyl (C=O) groups excluding carboxylic acids is 1. The van der Waals surface area contributed by atoms with Gasteiger partial charge in [0.05, 0.1) is 6.10 Å². The minimum absolute atomic E-state index is 0.132. The van der Waals surface area contributed by atoms with Crippen LogP contribution in [0.4, 0.5) is 0 Å². The fraction of sp³-hybridized carbons (Fsp3) is 0.810. The van der Waals surface area contributed by atoms with Gasteiger partial charge in [0.15, 0.2) is 11.6 Å². The Morgan fingerprint density at radius 2 is 2.00 bits per heavy atom. The molecule has 0 amide bonds. The van der Waals surface area contributed by atoms with E-state index >= 15 is 0 Å².